The van der Waals surface area contributed by atoms with Crippen molar-refractivity contribution < 1.29 is 4.52 Å². The van der Waals surface area contributed by atoms with Gasteiger partial charge in [0.05, 0.1) is 11.2 Å². The van der Waals surface area contributed by atoms with E-state index in [1.54, 1.807) is 6.07 Å². The third kappa shape index (κ3) is 3.40. The van der Waals surface area contributed by atoms with E-state index in [-0.39, 0.29) is 0 Å². The van der Waals surface area contributed by atoms with Crippen molar-refractivity contribution in [1.29, 1.82) is 0 Å². The van der Waals surface area contributed by atoms with Gasteiger partial charge in [-0.25, -0.2) is 0 Å². The number of rotatable bonds is 3. The molecule has 25 heavy (non-hydrogen) atoms. The minimum atomic E-state index is 0.321. The Labute approximate surface area is 158 Å². The molecule has 10 heteroatoms. The number of benzene rings is 1. The van der Waals surface area contributed by atoms with Crippen LogP contribution in [0, 0.1) is 0 Å². The molecule has 130 valence electrons. The number of nitrogens with one attached hydrogen (secondary N) is 1. The van der Waals surface area contributed by atoms with Crippen LogP contribution < -0.4 is 9.80 Å². The standard InChI is InChI=1S/C15H13Cl3N6O/c16-9-5-10(17)7-11(6-9)23-1-3-24(4-2-23)15-20-14(25-22-15)13-12(18)8-19-21-13/h5-8H,1-4H2,(H,19,21). The highest BCUT2D eigenvalue weighted by Crippen LogP contribution is 2.28. The molecule has 3 aromatic rings. The van der Waals surface area contributed by atoms with Gasteiger partial charge in [-0.15, -0.1) is 0 Å². The maximum atomic E-state index is 6.09. The van der Waals surface area contributed by atoms with Crippen LogP contribution in [-0.2, 0) is 0 Å². The molecule has 1 aliphatic heterocycles. The summed E-state index contributed by atoms with van der Waals surface area (Å²) in [5, 5.41) is 12.3. The monoisotopic (exact) mass is 398 g/mol. The van der Waals surface area contributed by atoms with Gasteiger partial charge in [0.15, 0.2) is 0 Å². The van der Waals surface area contributed by atoms with Crippen LogP contribution in [0.25, 0.3) is 11.6 Å². The molecule has 7 nitrogen and oxygen atoms in total. The number of aromatic amines is 1. The summed E-state index contributed by atoms with van der Waals surface area (Å²) in [6.07, 6.45) is 1.50. The molecular formula is C15H13Cl3N6O. The van der Waals surface area contributed by atoms with Crippen LogP contribution in [-0.4, -0.2) is 46.5 Å². The lowest BCUT2D eigenvalue weighted by Gasteiger charge is -2.35. The number of anilines is 2. The maximum absolute atomic E-state index is 6.09. The van der Waals surface area contributed by atoms with E-state index < -0.39 is 0 Å². The molecule has 1 N–H and O–H groups in total. The summed E-state index contributed by atoms with van der Waals surface area (Å²) in [7, 11) is 0. The second kappa shape index (κ2) is 6.74. The first-order valence-electron chi connectivity index (χ1n) is 7.59. The van der Waals surface area contributed by atoms with Gasteiger partial charge in [-0.05, 0) is 23.4 Å². The summed E-state index contributed by atoms with van der Waals surface area (Å²) in [4.78, 5) is 8.67. The quantitative estimate of drug-likeness (QED) is 0.723. The van der Waals surface area contributed by atoms with Crippen LogP contribution in [0.1, 0.15) is 0 Å². The van der Waals surface area contributed by atoms with Crippen LogP contribution in [0.4, 0.5) is 11.6 Å². The largest absolute Gasteiger partial charge is 0.368 e. The van der Waals surface area contributed by atoms with Gasteiger partial charge in [-0.2, -0.15) is 10.1 Å². The molecule has 0 aliphatic carbocycles. The number of halogens is 3. The van der Waals surface area contributed by atoms with Crippen molar-refractivity contribution in [1.82, 2.24) is 20.3 Å². The molecule has 0 radical (unpaired) electrons. The van der Waals surface area contributed by atoms with E-state index in [0.717, 1.165) is 31.9 Å². The lowest BCUT2D eigenvalue weighted by Crippen LogP contribution is -2.47. The van der Waals surface area contributed by atoms with E-state index in [1.165, 1.54) is 6.20 Å². The molecule has 2 aromatic heterocycles. The van der Waals surface area contributed by atoms with Crippen LogP contribution >= 0.6 is 34.8 Å². The third-order valence-electron chi connectivity index (χ3n) is 4.00. The highest BCUT2D eigenvalue weighted by Gasteiger charge is 2.23. The lowest BCUT2D eigenvalue weighted by atomic mass is 10.2. The van der Waals surface area contributed by atoms with E-state index in [0.29, 0.717) is 32.6 Å². The highest BCUT2D eigenvalue weighted by atomic mass is 35.5. The SMILES string of the molecule is Clc1cc(Cl)cc(N2CCN(c3noc(-c4[nH]ncc4Cl)n3)CC2)c1. The fraction of sp³-hybridized carbons (Fsp3) is 0.267. The zero-order valence-electron chi connectivity index (χ0n) is 12.9. The number of aromatic nitrogens is 4. The summed E-state index contributed by atoms with van der Waals surface area (Å²) >= 11 is 18.2. The molecule has 1 aromatic carbocycles. The van der Waals surface area contributed by atoms with E-state index in [2.05, 4.69) is 30.1 Å². The van der Waals surface area contributed by atoms with Gasteiger partial charge in [-0.1, -0.05) is 34.8 Å². The topological polar surface area (TPSA) is 74.1 Å². The second-order valence-electron chi connectivity index (χ2n) is 5.59. The molecule has 1 fully saturated rings. The second-order valence-corrected chi connectivity index (χ2v) is 6.87. The smallest absolute Gasteiger partial charge is 0.279 e. The van der Waals surface area contributed by atoms with Crippen LogP contribution in [0.5, 0.6) is 0 Å². The summed E-state index contributed by atoms with van der Waals surface area (Å²) in [6.45, 7) is 3.09. The Bertz CT molecular complexity index is 867. The fourth-order valence-electron chi connectivity index (χ4n) is 2.75. The first-order chi connectivity index (χ1) is 12.1. The number of piperazine rings is 1. The molecule has 1 aliphatic rings. The minimum Gasteiger partial charge on any atom is -0.368 e. The van der Waals surface area contributed by atoms with Crippen molar-refractivity contribution in [3.63, 3.8) is 0 Å². The van der Waals surface area contributed by atoms with Gasteiger partial charge in [0.1, 0.15) is 5.69 Å². The molecule has 4 rings (SSSR count). The molecule has 0 bridgehead atoms. The maximum Gasteiger partial charge on any atom is 0.279 e. The Kier molecular flexibility index (Phi) is 4.45. The molecule has 0 saturated carbocycles. The van der Waals surface area contributed by atoms with Crippen molar-refractivity contribution in [2.45, 2.75) is 0 Å². The van der Waals surface area contributed by atoms with Crippen molar-refractivity contribution in [2.75, 3.05) is 36.0 Å². The normalized spacial score (nSPS) is 15.0. The van der Waals surface area contributed by atoms with Crippen molar-refractivity contribution >= 4 is 46.4 Å². The lowest BCUT2D eigenvalue weighted by molar-refractivity contribution is 0.427. The number of hydrogen-bond acceptors (Lipinski definition) is 6. The number of hydrogen-bond donors (Lipinski definition) is 1. The third-order valence-corrected chi connectivity index (χ3v) is 4.72. The Morgan fingerprint density at radius 1 is 0.960 bits per heavy atom. The summed E-state index contributed by atoms with van der Waals surface area (Å²) in [5.74, 6) is 0.853. The molecule has 3 heterocycles. The van der Waals surface area contributed by atoms with Gasteiger partial charge in [0.25, 0.3) is 11.8 Å². The van der Waals surface area contributed by atoms with Crippen molar-refractivity contribution in [3.05, 3.63) is 39.5 Å². The first-order valence-corrected chi connectivity index (χ1v) is 8.72. The molecule has 0 atom stereocenters. The van der Waals surface area contributed by atoms with Crippen LogP contribution in [0.3, 0.4) is 0 Å². The van der Waals surface area contributed by atoms with E-state index in [4.69, 9.17) is 39.3 Å². The molecule has 0 amide bonds. The van der Waals surface area contributed by atoms with Gasteiger partial charge < -0.3 is 14.3 Å². The van der Waals surface area contributed by atoms with Crippen LogP contribution in [0.15, 0.2) is 28.9 Å². The Morgan fingerprint density at radius 2 is 1.64 bits per heavy atom. The molecule has 0 spiro atoms. The first kappa shape index (κ1) is 16.5. The Balaban J connectivity index is 1.45. The van der Waals surface area contributed by atoms with E-state index >= 15 is 0 Å². The average molecular weight is 400 g/mol. The van der Waals surface area contributed by atoms with Gasteiger partial charge in [0.2, 0.25) is 0 Å². The highest BCUT2D eigenvalue weighted by molar-refractivity contribution is 6.35. The molecule has 1 saturated heterocycles. The summed E-state index contributed by atoms with van der Waals surface area (Å²) in [5.41, 5.74) is 1.53. The van der Waals surface area contributed by atoms with E-state index in [1.807, 2.05) is 12.1 Å². The van der Waals surface area contributed by atoms with E-state index in [9.17, 15) is 0 Å². The fourth-order valence-corrected chi connectivity index (χ4v) is 3.44. The van der Waals surface area contributed by atoms with Gasteiger partial charge in [-0.3, -0.25) is 5.10 Å². The van der Waals surface area contributed by atoms with Crippen molar-refractivity contribution in [2.24, 2.45) is 0 Å². The Hall–Kier alpha value is -1.96. The molecular weight excluding hydrogens is 387 g/mol. The van der Waals surface area contributed by atoms with Crippen LogP contribution in [0.2, 0.25) is 15.1 Å². The predicted octanol–water partition coefficient (Wildman–Crippen LogP) is 3.75. The van der Waals surface area contributed by atoms with Crippen molar-refractivity contribution in [3.8, 4) is 11.6 Å². The summed E-state index contributed by atoms with van der Waals surface area (Å²) in [6, 6.07) is 5.55. The average Bonchev–Trinajstić information content (AvgIpc) is 3.23. The Morgan fingerprint density at radius 3 is 2.28 bits per heavy atom. The number of nitrogens with zero attached hydrogens (tertiary/aromatic N) is 5. The van der Waals surface area contributed by atoms with Gasteiger partial charge in [0, 0.05) is 41.9 Å². The predicted molar refractivity (Wildman–Crippen MR) is 97.8 cm³/mol. The number of H-pyrrole nitrogens is 1. The van der Waals surface area contributed by atoms with Gasteiger partial charge >= 0.3 is 0 Å². The zero-order valence-corrected chi connectivity index (χ0v) is 15.2. The molecule has 0 unspecified atom stereocenters. The summed E-state index contributed by atoms with van der Waals surface area (Å²) < 4.78 is 5.28. The minimum absolute atomic E-state index is 0.321. The zero-order chi connectivity index (χ0) is 17.4.